The fourth-order valence-corrected chi connectivity index (χ4v) is 4.89. The molecule has 0 saturated carbocycles. The summed E-state index contributed by atoms with van der Waals surface area (Å²) in [7, 11) is 2.11. The molecule has 0 radical (unpaired) electrons. The number of nitrogens with zero attached hydrogens (tertiary/aromatic N) is 4. The van der Waals surface area contributed by atoms with Gasteiger partial charge in [-0.05, 0) is 49.4 Å². The van der Waals surface area contributed by atoms with Crippen molar-refractivity contribution in [2.24, 2.45) is 0 Å². The van der Waals surface area contributed by atoms with Crippen LogP contribution >= 0.6 is 0 Å². The number of fused-ring (bicyclic) bond motifs is 1. The van der Waals surface area contributed by atoms with Crippen molar-refractivity contribution in [2.45, 2.75) is 11.3 Å². The normalized spacial score (nSPS) is 15.6. The van der Waals surface area contributed by atoms with Gasteiger partial charge in [-0.15, -0.1) is 0 Å². The van der Waals surface area contributed by atoms with Crippen LogP contribution in [-0.4, -0.2) is 56.5 Å². The van der Waals surface area contributed by atoms with Crippen LogP contribution in [0.2, 0.25) is 0 Å². The van der Waals surface area contributed by atoms with E-state index in [0.29, 0.717) is 5.65 Å². The molecule has 7 heteroatoms. The number of likely N-dealkylation sites (N-methyl/N-ethyl adjacent to an activating group) is 1. The Morgan fingerprint density at radius 2 is 1.96 bits per heavy atom. The fraction of sp³-hybridized carbons (Fsp3) is 0.286. The molecule has 28 heavy (non-hydrogen) atoms. The van der Waals surface area contributed by atoms with Crippen LogP contribution in [0.5, 0.6) is 0 Å². The first kappa shape index (κ1) is 18.7. The quantitative estimate of drug-likeness (QED) is 0.678. The average molecular weight is 397 g/mol. The molecular formula is C21H24N4O2S. The van der Waals surface area contributed by atoms with Gasteiger partial charge in [0.05, 0.1) is 4.90 Å². The van der Waals surface area contributed by atoms with Gasteiger partial charge < -0.3 is 9.80 Å². The predicted octanol–water partition coefficient (Wildman–Crippen LogP) is 3.06. The Bertz CT molecular complexity index is 1160. The van der Waals surface area contributed by atoms with Crippen LogP contribution in [0, 0.1) is 0 Å². The molecule has 1 aromatic carbocycles. The zero-order chi connectivity index (χ0) is 19.9. The maximum atomic E-state index is 13.4. The lowest BCUT2D eigenvalue weighted by molar-refractivity contribution is 0.370. The summed E-state index contributed by atoms with van der Waals surface area (Å²) in [5, 5.41) is 0.866. The van der Waals surface area contributed by atoms with E-state index in [4.69, 9.17) is 0 Å². The molecule has 0 N–H and O–H groups in total. The second-order valence-corrected chi connectivity index (χ2v) is 9.17. The van der Waals surface area contributed by atoms with Gasteiger partial charge in [0, 0.05) is 56.2 Å². The summed E-state index contributed by atoms with van der Waals surface area (Å²) >= 11 is 0. The number of aromatic nitrogens is 2. The molecule has 0 fully saturated rings. The van der Waals surface area contributed by atoms with Crippen molar-refractivity contribution in [3.05, 3.63) is 60.4 Å². The minimum Gasteiger partial charge on any atom is -0.378 e. The molecular weight excluding hydrogens is 372 g/mol. The zero-order valence-corrected chi connectivity index (χ0v) is 17.1. The monoisotopic (exact) mass is 396 g/mol. The summed E-state index contributed by atoms with van der Waals surface area (Å²) in [4.78, 5) is 8.78. The van der Waals surface area contributed by atoms with Gasteiger partial charge in [0.2, 0.25) is 0 Å². The molecule has 0 atom stereocenters. The summed E-state index contributed by atoms with van der Waals surface area (Å²) in [6, 6.07) is 10.8. The van der Waals surface area contributed by atoms with Gasteiger partial charge in [-0.3, -0.25) is 0 Å². The molecule has 3 aromatic rings. The Labute approximate surface area is 165 Å². The molecule has 6 nitrogen and oxygen atoms in total. The van der Waals surface area contributed by atoms with Crippen molar-refractivity contribution < 1.29 is 8.42 Å². The number of hydrogen-bond donors (Lipinski definition) is 0. The second kappa shape index (κ2) is 7.07. The second-order valence-electron chi connectivity index (χ2n) is 7.35. The van der Waals surface area contributed by atoms with Gasteiger partial charge in [0.25, 0.3) is 10.0 Å². The summed E-state index contributed by atoms with van der Waals surface area (Å²) < 4.78 is 28.2. The van der Waals surface area contributed by atoms with E-state index in [2.05, 4.69) is 23.0 Å². The van der Waals surface area contributed by atoms with Gasteiger partial charge in [-0.1, -0.05) is 12.1 Å². The number of pyridine rings is 1. The number of hydrogen-bond acceptors (Lipinski definition) is 5. The number of benzene rings is 1. The SMILES string of the molecule is CN1CC=C(c2cn(S(=O)(=O)c3cccc(N(C)C)c3)c3ncccc23)CC1. The van der Waals surface area contributed by atoms with Crippen molar-refractivity contribution in [3.63, 3.8) is 0 Å². The van der Waals surface area contributed by atoms with Crippen LogP contribution in [0.15, 0.2) is 59.8 Å². The predicted molar refractivity (Wildman–Crippen MR) is 113 cm³/mol. The van der Waals surface area contributed by atoms with Crippen LogP contribution in [-0.2, 0) is 10.0 Å². The Morgan fingerprint density at radius 1 is 1.14 bits per heavy atom. The van der Waals surface area contributed by atoms with Crippen molar-refractivity contribution in [1.82, 2.24) is 13.9 Å². The Hall–Kier alpha value is -2.64. The summed E-state index contributed by atoms with van der Waals surface area (Å²) in [5.74, 6) is 0. The minimum atomic E-state index is -3.76. The van der Waals surface area contributed by atoms with Gasteiger partial charge in [0.1, 0.15) is 0 Å². The van der Waals surface area contributed by atoms with E-state index in [1.165, 1.54) is 9.55 Å². The smallest absolute Gasteiger partial charge is 0.269 e. The van der Waals surface area contributed by atoms with Crippen LogP contribution in [0.25, 0.3) is 16.6 Å². The number of anilines is 1. The van der Waals surface area contributed by atoms with Gasteiger partial charge >= 0.3 is 0 Å². The molecule has 2 aromatic heterocycles. The third-order valence-corrected chi connectivity index (χ3v) is 6.83. The Kier molecular flexibility index (Phi) is 4.72. The van der Waals surface area contributed by atoms with E-state index in [1.807, 2.05) is 37.2 Å². The first-order valence-corrected chi connectivity index (χ1v) is 10.7. The minimum absolute atomic E-state index is 0.255. The highest BCUT2D eigenvalue weighted by Crippen LogP contribution is 2.32. The van der Waals surface area contributed by atoms with E-state index in [1.54, 1.807) is 30.6 Å². The summed E-state index contributed by atoms with van der Waals surface area (Å²) in [6.45, 7) is 1.82. The van der Waals surface area contributed by atoms with Crippen LogP contribution in [0.3, 0.4) is 0 Å². The van der Waals surface area contributed by atoms with Crippen molar-refractivity contribution in [3.8, 4) is 0 Å². The van der Waals surface area contributed by atoms with Crippen LogP contribution in [0.4, 0.5) is 5.69 Å². The molecule has 1 aliphatic rings. The highest BCUT2D eigenvalue weighted by Gasteiger charge is 2.24. The van der Waals surface area contributed by atoms with E-state index in [9.17, 15) is 8.42 Å². The summed E-state index contributed by atoms with van der Waals surface area (Å²) in [5.41, 5.74) is 3.42. The fourth-order valence-electron chi connectivity index (χ4n) is 3.52. The molecule has 146 valence electrons. The Balaban J connectivity index is 1.89. The molecule has 0 amide bonds. The number of rotatable bonds is 4. The molecule has 0 spiro atoms. The largest absolute Gasteiger partial charge is 0.378 e. The first-order chi connectivity index (χ1) is 13.4. The van der Waals surface area contributed by atoms with Gasteiger partial charge in [0.15, 0.2) is 5.65 Å². The van der Waals surface area contributed by atoms with Crippen molar-refractivity contribution in [1.29, 1.82) is 0 Å². The third kappa shape index (κ3) is 3.21. The maximum absolute atomic E-state index is 13.4. The lowest BCUT2D eigenvalue weighted by Gasteiger charge is -2.21. The van der Waals surface area contributed by atoms with Gasteiger partial charge in [-0.2, -0.15) is 0 Å². The molecule has 0 unspecified atom stereocenters. The van der Waals surface area contributed by atoms with Gasteiger partial charge in [-0.25, -0.2) is 17.4 Å². The van der Waals surface area contributed by atoms with Crippen LogP contribution < -0.4 is 4.90 Å². The Morgan fingerprint density at radius 3 is 2.68 bits per heavy atom. The van der Waals surface area contributed by atoms with Crippen molar-refractivity contribution >= 4 is 32.3 Å². The van der Waals surface area contributed by atoms with E-state index < -0.39 is 10.0 Å². The lowest BCUT2D eigenvalue weighted by Crippen LogP contribution is -2.23. The maximum Gasteiger partial charge on any atom is 0.269 e. The van der Waals surface area contributed by atoms with Crippen LogP contribution in [0.1, 0.15) is 12.0 Å². The van der Waals surface area contributed by atoms with Crippen molar-refractivity contribution in [2.75, 3.05) is 39.1 Å². The average Bonchev–Trinajstić information content (AvgIpc) is 3.09. The molecule has 1 aliphatic heterocycles. The first-order valence-electron chi connectivity index (χ1n) is 9.25. The van der Waals surface area contributed by atoms with E-state index in [0.717, 1.165) is 36.1 Å². The highest BCUT2D eigenvalue weighted by atomic mass is 32.2. The molecule has 0 bridgehead atoms. The summed E-state index contributed by atoms with van der Waals surface area (Å²) in [6.07, 6.45) is 6.43. The molecule has 0 saturated heterocycles. The standard InChI is InChI=1S/C21H24N4O2S/c1-23(2)17-6-4-7-18(14-17)28(26,27)25-15-20(16-9-12-24(3)13-10-16)19-8-5-11-22-21(19)25/h4-9,11,14-15H,10,12-13H2,1-3H3. The van der Waals surface area contributed by atoms with E-state index >= 15 is 0 Å². The molecule has 4 rings (SSSR count). The third-order valence-electron chi connectivity index (χ3n) is 5.18. The molecule has 0 aliphatic carbocycles. The highest BCUT2D eigenvalue weighted by molar-refractivity contribution is 7.90. The topological polar surface area (TPSA) is 58.4 Å². The van der Waals surface area contributed by atoms with E-state index in [-0.39, 0.29) is 4.90 Å². The molecule has 3 heterocycles. The lowest BCUT2D eigenvalue weighted by atomic mass is 10.00. The zero-order valence-electron chi connectivity index (χ0n) is 16.3.